The maximum atomic E-state index is 11.7. The van der Waals surface area contributed by atoms with Crippen LogP contribution in [0, 0.1) is 5.92 Å². The third kappa shape index (κ3) is 3.52. The molecular formula is C11H18ClN3O. The second kappa shape index (κ2) is 6.53. The maximum Gasteiger partial charge on any atom is 0.269 e. The Bertz CT molecular complexity index is 338. The third-order valence-electron chi connectivity index (χ3n) is 2.70. The van der Waals surface area contributed by atoms with Crippen LogP contribution in [-0.2, 0) is 7.05 Å². The molecule has 0 radical (unpaired) electrons. The fourth-order valence-electron chi connectivity index (χ4n) is 1.51. The fourth-order valence-corrected chi connectivity index (χ4v) is 1.82. The molecular weight excluding hydrogens is 226 g/mol. The first kappa shape index (κ1) is 13.0. The minimum absolute atomic E-state index is 0.0759. The molecule has 1 aromatic heterocycles. The second-order valence-electron chi connectivity index (χ2n) is 3.85. The molecule has 0 saturated carbocycles. The molecule has 4 nitrogen and oxygen atoms in total. The highest BCUT2D eigenvalue weighted by Gasteiger charge is 2.11. The number of hydrogen-bond acceptors (Lipinski definition) is 2. The van der Waals surface area contributed by atoms with E-state index < -0.39 is 0 Å². The van der Waals surface area contributed by atoms with Gasteiger partial charge in [-0.05, 0) is 12.3 Å². The summed E-state index contributed by atoms with van der Waals surface area (Å²) in [5, 5.41) is 2.90. The lowest BCUT2D eigenvalue weighted by molar-refractivity contribution is 0.0938. The number of aromatic nitrogens is 2. The van der Waals surface area contributed by atoms with Crippen molar-refractivity contribution in [3.8, 4) is 0 Å². The van der Waals surface area contributed by atoms with Crippen LogP contribution in [0.2, 0.25) is 0 Å². The van der Waals surface area contributed by atoms with Crippen LogP contribution in [0.5, 0.6) is 0 Å². The summed E-state index contributed by atoms with van der Waals surface area (Å²) in [4.78, 5) is 15.7. The predicted octanol–water partition coefficient (Wildman–Crippen LogP) is 1.80. The van der Waals surface area contributed by atoms with E-state index in [0.29, 0.717) is 24.0 Å². The van der Waals surface area contributed by atoms with Gasteiger partial charge in [0.15, 0.2) is 0 Å². The van der Waals surface area contributed by atoms with Crippen LogP contribution in [0.25, 0.3) is 0 Å². The molecule has 1 amide bonds. The largest absolute Gasteiger partial charge is 0.350 e. The van der Waals surface area contributed by atoms with Gasteiger partial charge in [0, 0.05) is 19.5 Å². The van der Waals surface area contributed by atoms with Gasteiger partial charge in [-0.2, -0.15) is 0 Å². The fraction of sp³-hybridized carbons (Fsp3) is 0.636. The van der Waals surface area contributed by atoms with Gasteiger partial charge < -0.3 is 9.88 Å². The zero-order valence-corrected chi connectivity index (χ0v) is 10.5. The molecule has 1 aromatic rings. The van der Waals surface area contributed by atoms with Crippen molar-refractivity contribution in [3.05, 3.63) is 18.2 Å². The lowest BCUT2D eigenvalue weighted by Gasteiger charge is -2.14. The topological polar surface area (TPSA) is 46.9 Å². The Morgan fingerprint density at radius 2 is 2.44 bits per heavy atom. The van der Waals surface area contributed by atoms with Gasteiger partial charge in [0.25, 0.3) is 5.91 Å². The van der Waals surface area contributed by atoms with Crippen LogP contribution in [0.15, 0.2) is 12.5 Å². The van der Waals surface area contributed by atoms with Gasteiger partial charge in [-0.1, -0.05) is 13.3 Å². The molecule has 0 saturated heterocycles. The van der Waals surface area contributed by atoms with Crippen LogP contribution in [-0.4, -0.2) is 27.9 Å². The zero-order chi connectivity index (χ0) is 12.0. The SMILES string of the molecule is CCC(CCCl)CNC(=O)c1cncn1C. The first-order valence-electron chi connectivity index (χ1n) is 5.49. The number of rotatable bonds is 6. The minimum atomic E-state index is -0.0759. The van der Waals surface area contributed by atoms with Gasteiger partial charge in [-0.25, -0.2) is 4.98 Å². The minimum Gasteiger partial charge on any atom is -0.350 e. The summed E-state index contributed by atoms with van der Waals surface area (Å²) in [6.45, 7) is 2.78. The van der Waals surface area contributed by atoms with E-state index in [0.717, 1.165) is 12.8 Å². The highest BCUT2D eigenvalue weighted by atomic mass is 35.5. The summed E-state index contributed by atoms with van der Waals surface area (Å²) in [5.74, 6) is 1.02. The lowest BCUT2D eigenvalue weighted by atomic mass is 10.0. The smallest absolute Gasteiger partial charge is 0.269 e. The van der Waals surface area contributed by atoms with Gasteiger partial charge in [0.2, 0.25) is 0 Å². The molecule has 1 N–H and O–H groups in total. The van der Waals surface area contributed by atoms with E-state index in [4.69, 9.17) is 11.6 Å². The number of alkyl halides is 1. The van der Waals surface area contributed by atoms with E-state index in [9.17, 15) is 4.79 Å². The van der Waals surface area contributed by atoms with E-state index in [1.165, 1.54) is 0 Å². The van der Waals surface area contributed by atoms with Crippen molar-refractivity contribution in [2.75, 3.05) is 12.4 Å². The molecule has 16 heavy (non-hydrogen) atoms. The summed E-state index contributed by atoms with van der Waals surface area (Å²) in [7, 11) is 1.80. The summed E-state index contributed by atoms with van der Waals surface area (Å²) in [6, 6.07) is 0. The monoisotopic (exact) mass is 243 g/mol. The molecule has 0 aromatic carbocycles. The second-order valence-corrected chi connectivity index (χ2v) is 4.23. The molecule has 0 aliphatic heterocycles. The molecule has 1 unspecified atom stereocenters. The van der Waals surface area contributed by atoms with Gasteiger partial charge in [0.1, 0.15) is 5.69 Å². The Hall–Kier alpha value is -1.03. The van der Waals surface area contributed by atoms with Crippen molar-refractivity contribution in [2.24, 2.45) is 13.0 Å². The Labute approximate surface area is 101 Å². The molecule has 0 fully saturated rings. The van der Waals surface area contributed by atoms with Gasteiger partial charge in [0.05, 0.1) is 12.5 Å². The van der Waals surface area contributed by atoms with Crippen molar-refractivity contribution in [1.29, 1.82) is 0 Å². The third-order valence-corrected chi connectivity index (χ3v) is 2.91. The van der Waals surface area contributed by atoms with E-state index in [1.807, 2.05) is 0 Å². The highest BCUT2D eigenvalue weighted by Crippen LogP contribution is 2.08. The summed E-state index contributed by atoms with van der Waals surface area (Å²) >= 11 is 5.69. The molecule has 90 valence electrons. The summed E-state index contributed by atoms with van der Waals surface area (Å²) in [6.07, 6.45) is 5.14. The number of carbonyl (C=O) groups is 1. The molecule has 1 atom stereocenters. The summed E-state index contributed by atoms with van der Waals surface area (Å²) < 4.78 is 1.71. The van der Waals surface area contributed by atoms with E-state index >= 15 is 0 Å². The molecule has 1 rings (SSSR count). The van der Waals surface area contributed by atoms with Crippen molar-refractivity contribution < 1.29 is 4.79 Å². The predicted molar refractivity (Wildman–Crippen MR) is 64.7 cm³/mol. The number of halogens is 1. The van der Waals surface area contributed by atoms with Gasteiger partial charge in [-0.3, -0.25) is 4.79 Å². The number of hydrogen-bond donors (Lipinski definition) is 1. The average Bonchev–Trinajstić information content (AvgIpc) is 2.70. The Balaban J connectivity index is 2.43. The number of nitrogens with one attached hydrogen (secondary N) is 1. The van der Waals surface area contributed by atoms with Crippen LogP contribution in [0.3, 0.4) is 0 Å². The first-order valence-corrected chi connectivity index (χ1v) is 6.03. The molecule has 0 aliphatic rings. The standard InChI is InChI=1S/C11H18ClN3O/c1-3-9(4-5-12)6-14-11(16)10-7-13-8-15(10)2/h7-9H,3-6H2,1-2H3,(H,14,16). The van der Waals surface area contributed by atoms with E-state index in [-0.39, 0.29) is 5.91 Å². The molecule has 5 heteroatoms. The quantitative estimate of drug-likeness (QED) is 0.775. The Kier molecular flexibility index (Phi) is 5.32. The number of imidazole rings is 1. The molecule has 0 bridgehead atoms. The van der Waals surface area contributed by atoms with Crippen LogP contribution >= 0.6 is 11.6 Å². The molecule has 1 heterocycles. The number of aryl methyl sites for hydroxylation is 1. The Morgan fingerprint density at radius 1 is 1.69 bits per heavy atom. The first-order chi connectivity index (χ1) is 7.69. The van der Waals surface area contributed by atoms with E-state index in [1.54, 1.807) is 24.1 Å². The Morgan fingerprint density at radius 3 is 2.94 bits per heavy atom. The normalized spacial score (nSPS) is 12.4. The van der Waals surface area contributed by atoms with Crippen molar-refractivity contribution in [2.45, 2.75) is 19.8 Å². The maximum absolute atomic E-state index is 11.7. The number of amides is 1. The van der Waals surface area contributed by atoms with Crippen LogP contribution in [0.1, 0.15) is 30.3 Å². The van der Waals surface area contributed by atoms with Crippen molar-refractivity contribution >= 4 is 17.5 Å². The average molecular weight is 244 g/mol. The van der Waals surface area contributed by atoms with Gasteiger partial charge in [-0.15, -0.1) is 11.6 Å². The molecule has 0 aliphatic carbocycles. The van der Waals surface area contributed by atoms with Crippen molar-refractivity contribution in [3.63, 3.8) is 0 Å². The highest BCUT2D eigenvalue weighted by molar-refractivity contribution is 6.17. The number of nitrogens with zero attached hydrogens (tertiary/aromatic N) is 2. The van der Waals surface area contributed by atoms with Crippen LogP contribution < -0.4 is 5.32 Å². The van der Waals surface area contributed by atoms with E-state index in [2.05, 4.69) is 17.2 Å². The van der Waals surface area contributed by atoms with Crippen LogP contribution in [0.4, 0.5) is 0 Å². The summed E-state index contributed by atoms with van der Waals surface area (Å²) in [5.41, 5.74) is 0.584. The molecule has 0 spiro atoms. The number of carbonyl (C=O) groups excluding carboxylic acids is 1. The van der Waals surface area contributed by atoms with Gasteiger partial charge >= 0.3 is 0 Å². The van der Waals surface area contributed by atoms with Crippen molar-refractivity contribution in [1.82, 2.24) is 14.9 Å². The zero-order valence-electron chi connectivity index (χ0n) is 9.74. The lowest BCUT2D eigenvalue weighted by Crippen LogP contribution is -2.30.